The highest BCUT2D eigenvalue weighted by Crippen LogP contribution is 2.24. The summed E-state index contributed by atoms with van der Waals surface area (Å²) >= 11 is 0. The van der Waals surface area contributed by atoms with E-state index in [1.54, 1.807) is 9.44 Å². The number of benzene rings is 2. The van der Waals surface area contributed by atoms with Gasteiger partial charge in [-0.05, 0) is 37.1 Å². The van der Waals surface area contributed by atoms with Gasteiger partial charge in [-0.2, -0.15) is 56.2 Å². The summed E-state index contributed by atoms with van der Waals surface area (Å²) in [5, 5.41) is 13.2. The summed E-state index contributed by atoms with van der Waals surface area (Å²) in [4.78, 5) is 71.1. The molecule has 32 heteroatoms. The number of halogens is 6. The van der Waals surface area contributed by atoms with Gasteiger partial charge < -0.3 is 29.1 Å². The summed E-state index contributed by atoms with van der Waals surface area (Å²) < 4.78 is 142. The maximum atomic E-state index is 12.8. The molecule has 0 saturated heterocycles. The van der Waals surface area contributed by atoms with Crippen molar-refractivity contribution in [2.75, 3.05) is 68.9 Å². The fourth-order valence-electron chi connectivity index (χ4n) is 4.68. The summed E-state index contributed by atoms with van der Waals surface area (Å²) in [5.41, 5.74) is -0.668. The van der Waals surface area contributed by atoms with Crippen molar-refractivity contribution in [2.24, 2.45) is 0 Å². The first-order chi connectivity index (χ1) is 29.9. The van der Waals surface area contributed by atoms with E-state index in [-0.39, 0.29) is 28.6 Å². The molecule has 65 heavy (non-hydrogen) atoms. The lowest BCUT2D eigenvalue weighted by Gasteiger charge is -2.15. The third-order valence-electron chi connectivity index (χ3n) is 7.24. The molecule has 354 valence electrons. The molecular weight excluding hydrogens is 935 g/mol. The number of anilines is 4. The summed E-state index contributed by atoms with van der Waals surface area (Å²) in [6.07, 6.45) is -9.35. The van der Waals surface area contributed by atoms with E-state index in [1.165, 1.54) is 82.2 Å². The van der Waals surface area contributed by atoms with Crippen LogP contribution < -0.4 is 39.4 Å². The van der Waals surface area contributed by atoms with E-state index in [9.17, 15) is 67.5 Å². The summed E-state index contributed by atoms with van der Waals surface area (Å²) in [5.74, 6) is -4.05. The standard InChI is InChI=1S/C17H19F3N6O6S.C16H17F3N6O6S/c1-9-6-5-7-10(12(27)31-4)11(9)33(29,30)25-15(28)22-13-21-14(26(2)3)24-16(23-13)32-8-17(18,19)20;1-8-5-4-6-9(11(26)27)10(8)32(29,30)24-14(28)21-12-20-13(25(2)3)23-15(22-12)31-7-16(17,18)19/h5-7H,8H2,1-4H3,(H2,21,22,23,24,25,28);4-6H,7H2,1-3H3,(H,26,27)(H2,20,21,22,23,24,28). The van der Waals surface area contributed by atoms with Crippen molar-refractivity contribution in [1.82, 2.24) is 39.3 Å². The average molecular weight is 971 g/mol. The van der Waals surface area contributed by atoms with Gasteiger partial charge in [-0.25, -0.2) is 45.5 Å². The van der Waals surface area contributed by atoms with Crippen molar-refractivity contribution < 1.29 is 81.7 Å². The molecule has 0 spiro atoms. The Kier molecular flexibility index (Phi) is 16.7. The Morgan fingerprint density at radius 1 is 0.631 bits per heavy atom. The van der Waals surface area contributed by atoms with E-state index in [0.717, 1.165) is 13.2 Å². The third kappa shape index (κ3) is 15.4. The highest BCUT2D eigenvalue weighted by atomic mass is 32.2. The Balaban J connectivity index is 0.000000345. The van der Waals surface area contributed by atoms with Crippen molar-refractivity contribution in [1.29, 1.82) is 0 Å². The Labute approximate surface area is 363 Å². The first kappa shape index (κ1) is 52.0. The summed E-state index contributed by atoms with van der Waals surface area (Å²) in [6.45, 7) is -0.681. The molecule has 24 nitrogen and oxygen atoms in total. The van der Waals surface area contributed by atoms with Gasteiger partial charge in [0.1, 0.15) is 9.79 Å². The van der Waals surface area contributed by atoms with Crippen LogP contribution in [0.1, 0.15) is 31.8 Å². The number of sulfonamides is 2. The number of carbonyl (C=O) groups excluding carboxylic acids is 3. The first-order valence-corrected chi connectivity index (χ1v) is 20.3. The van der Waals surface area contributed by atoms with Crippen molar-refractivity contribution in [3.8, 4) is 12.0 Å². The molecule has 2 aromatic heterocycles. The number of amides is 4. The minimum absolute atomic E-state index is 0.0584. The number of carboxylic acids is 1. The van der Waals surface area contributed by atoms with Crippen LogP contribution in [0.15, 0.2) is 46.2 Å². The largest absolute Gasteiger partial charge is 0.478 e. The molecule has 2 aromatic carbocycles. The molecule has 0 bridgehead atoms. The number of urea groups is 2. The van der Waals surface area contributed by atoms with Crippen LogP contribution >= 0.6 is 0 Å². The van der Waals surface area contributed by atoms with Crippen LogP contribution in [0, 0.1) is 13.8 Å². The zero-order valence-electron chi connectivity index (χ0n) is 34.5. The van der Waals surface area contributed by atoms with Crippen molar-refractivity contribution in [3.63, 3.8) is 0 Å². The molecule has 4 rings (SSSR count). The second kappa shape index (κ2) is 20.9. The van der Waals surface area contributed by atoms with Gasteiger partial charge in [-0.1, -0.05) is 24.3 Å². The quantitative estimate of drug-likeness (QED) is 0.0896. The van der Waals surface area contributed by atoms with Crippen LogP contribution in [0.25, 0.3) is 0 Å². The van der Waals surface area contributed by atoms with Gasteiger partial charge in [-0.3, -0.25) is 10.6 Å². The van der Waals surface area contributed by atoms with Crippen LogP contribution in [0.5, 0.6) is 12.0 Å². The number of hydrogen-bond donors (Lipinski definition) is 5. The lowest BCUT2D eigenvalue weighted by Crippen LogP contribution is -2.36. The molecule has 0 atom stereocenters. The van der Waals surface area contributed by atoms with Crippen LogP contribution in [0.3, 0.4) is 0 Å². The van der Waals surface area contributed by atoms with Crippen molar-refractivity contribution in [2.45, 2.75) is 36.0 Å². The smallest absolute Gasteiger partial charge is 0.422 e. The number of aryl methyl sites for hydroxylation is 2. The van der Waals surface area contributed by atoms with Gasteiger partial charge in [0, 0.05) is 28.2 Å². The first-order valence-electron chi connectivity index (χ1n) is 17.4. The average Bonchev–Trinajstić information content (AvgIpc) is 3.17. The van der Waals surface area contributed by atoms with Crippen LogP contribution in [0.4, 0.5) is 59.7 Å². The molecule has 0 unspecified atom stereocenters. The number of nitrogens with zero attached hydrogens (tertiary/aromatic N) is 8. The molecule has 0 radical (unpaired) electrons. The Hall–Kier alpha value is -7.38. The maximum Gasteiger partial charge on any atom is 0.422 e. The number of alkyl halides is 6. The normalized spacial score (nSPS) is 11.5. The number of ether oxygens (including phenoxy) is 3. The molecule has 0 fully saturated rings. The van der Waals surface area contributed by atoms with E-state index in [0.29, 0.717) is 0 Å². The van der Waals surface area contributed by atoms with E-state index < -0.39 is 109 Å². The molecule has 0 aliphatic heterocycles. The number of hydrogen-bond acceptors (Lipinski definition) is 19. The number of carbonyl (C=O) groups is 4. The van der Waals surface area contributed by atoms with E-state index in [2.05, 4.69) is 44.1 Å². The number of aromatic carboxylic acids is 1. The SMILES string of the molecule is COC(=O)c1cccc(C)c1S(=O)(=O)NC(=O)Nc1nc(OCC(F)(F)F)nc(N(C)C)n1.Cc1cccc(C(=O)O)c1S(=O)(=O)NC(=O)Nc1nc(OCC(F)(F)F)nc(N(C)C)n1. The minimum Gasteiger partial charge on any atom is -0.478 e. The fraction of sp³-hybridized carbons (Fsp3) is 0.333. The van der Waals surface area contributed by atoms with Crippen molar-refractivity contribution in [3.05, 3.63) is 58.7 Å². The topological polar surface area (TPSA) is 316 Å². The van der Waals surface area contributed by atoms with Gasteiger partial charge in [0.25, 0.3) is 20.0 Å². The molecule has 2 heterocycles. The number of methoxy groups -OCH3 is 1. The predicted octanol–water partition coefficient (Wildman–Crippen LogP) is 2.88. The van der Waals surface area contributed by atoms with E-state index in [4.69, 9.17) is 0 Å². The van der Waals surface area contributed by atoms with Gasteiger partial charge in [0.15, 0.2) is 13.2 Å². The highest BCUT2D eigenvalue weighted by molar-refractivity contribution is 7.90. The molecule has 0 aliphatic carbocycles. The van der Waals surface area contributed by atoms with Crippen LogP contribution in [-0.4, -0.2) is 137 Å². The molecule has 4 amide bonds. The number of carboxylic acid groups (broad SMARTS) is 1. The number of aromatic nitrogens is 6. The second-order valence-electron chi connectivity index (χ2n) is 12.9. The van der Waals surface area contributed by atoms with E-state index in [1.807, 2.05) is 10.6 Å². The van der Waals surface area contributed by atoms with Gasteiger partial charge in [0.05, 0.1) is 18.2 Å². The van der Waals surface area contributed by atoms with Gasteiger partial charge in [-0.15, -0.1) is 0 Å². The van der Waals surface area contributed by atoms with E-state index >= 15 is 0 Å². The fourth-order valence-corrected chi connectivity index (χ4v) is 7.35. The third-order valence-corrected chi connectivity index (χ3v) is 10.3. The maximum absolute atomic E-state index is 12.8. The molecule has 5 N–H and O–H groups in total. The number of esters is 1. The molecule has 0 saturated carbocycles. The summed E-state index contributed by atoms with van der Waals surface area (Å²) in [7, 11) is -2.37. The molecule has 4 aromatic rings. The lowest BCUT2D eigenvalue weighted by molar-refractivity contribution is -0.155. The Morgan fingerprint density at radius 2 is 1.00 bits per heavy atom. The zero-order chi connectivity index (χ0) is 49.2. The highest BCUT2D eigenvalue weighted by Gasteiger charge is 2.32. The molecule has 0 aliphatic rings. The Morgan fingerprint density at radius 3 is 1.34 bits per heavy atom. The Bertz CT molecular complexity index is 2660. The molecular formula is C33H36F6N12O12S2. The second-order valence-corrected chi connectivity index (χ2v) is 16.1. The van der Waals surface area contributed by atoms with Gasteiger partial charge in [0.2, 0.25) is 23.8 Å². The van der Waals surface area contributed by atoms with Crippen LogP contribution in [-0.2, 0) is 24.8 Å². The number of rotatable bonds is 14. The lowest BCUT2D eigenvalue weighted by atomic mass is 10.1. The van der Waals surface area contributed by atoms with Crippen molar-refractivity contribution >= 4 is 67.8 Å². The monoisotopic (exact) mass is 970 g/mol. The number of nitrogens with one attached hydrogen (secondary N) is 4. The summed E-state index contributed by atoms with van der Waals surface area (Å²) in [6, 6.07) is 3.45. The van der Waals surface area contributed by atoms with Gasteiger partial charge >= 0.3 is 48.4 Å². The van der Waals surface area contributed by atoms with Crippen LogP contribution in [0.2, 0.25) is 0 Å². The zero-order valence-corrected chi connectivity index (χ0v) is 36.1. The minimum atomic E-state index is -4.68. The predicted molar refractivity (Wildman–Crippen MR) is 211 cm³/mol.